The molecule has 0 spiro atoms. The molecule has 2 rings (SSSR count). The predicted molar refractivity (Wildman–Crippen MR) is 89.0 cm³/mol. The van der Waals surface area contributed by atoms with E-state index in [1.165, 1.54) is 0 Å². The van der Waals surface area contributed by atoms with E-state index in [2.05, 4.69) is 5.32 Å². The summed E-state index contributed by atoms with van der Waals surface area (Å²) in [5.41, 5.74) is 7.82. The van der Waals surface area contributed by atoms with Crippen LogP contribution in [0.2, 0.25) is 5.02 Å². The van der Waals surface area contributed by atoms with Gasteiger partial charge in [-0.25, -0.2) is 4.79 Å². The van der Waals surface area contributed by atoms with Gasteiger partial charge in [0.25, 0.3) is 0 Å². The third kappa shape index (κ3) is 3.67. The van der Waals surface area contributed by atoms with Gasteiger partial charge < -0.3 is 11.1 Å². The number of rotatable bonds is 4. The molecule has 0 saturated carbocycles. The van der Waals surface area contributed by atoms with Gasteiger partial charge in [0, 0.05) is 6.54 Å². The molecule has 0 heterocycles. The van der Waals surface area contributed by atoms with Crippen LogP contribution >= 0.6 is 11.6 Å². The Kier molecular flexibility index (Phi) is 5.06. The lowest BCUT2D eigenvalue weighted by Crippen LogP contribution is -2.36. The maximum Gasteiger partial charge on any atom is 0.326 e. The van der Waals surface area contributed by atoms with Crippen molar-refractivity contribution in [1.29, 1.82) is 0 Å². The Labute approximate surface area is 129 Å². The maximum atomic E-state index is 12.5. The zero-order valence-corrected chi connectivity index (χ0v) is 12.6. The highest BCUT2D eigenvalue weighted by atomic mass is 35.5. The standard InChI is InChI=1S/C16H18ClN3O/c1-2-11-20(15-10-6-4-8-13(15)18)16(21)19-14-9-5-3-7-12(14)17/h3-10H,2,11,18H2,1H3,(H,19,21). The Morgan fingerprint density at radius 1 is 1.19 bits per heavy atom. The number of nitrogens with two attached hydrogens (primary N) is 1. The normalized spacial score (nSPS) is 10.2. The van der Waals surface area contributed by atoms with E-state index in [0.29, 0.717) is 28.6 Å². The number of nitrogens with zero attached hydrogens (tertiary/aromatic N) is 1. The van der Waals surface area contributed by atoms with E-state index < -0.39 is 0 Å². The van der Waals surface area contributed by atoms with Gasteiger partial charge in [0.1, 0.15) is 0 Å². The van der Waals surface area contributed by atoms with Crippen molar-refractivity contribution in [3.05, 3.63) is 53.6 Å². The van der Waals surface area contributed by atoms with Gasteiger partial charge in [-0.2, -0.15) is 0 Å². The first kappa shape index (κ1) is 15.2. The van der Waals surface area contributed by atoms with E-state index in [9.17, 15) is 4.79 Å². The summed E-state index contributed by atoms with van der Waals surface area (Å²) in [6, 6.07) is 14.2. The number of halogens is 1. The second-order valence-corrected chi connectivity index (χ2v) is 5.03. The largest absolute Gasteiger partial charge is 0.397 e. The first-order valence-corrected chi connectivity index (χ1v) is 7.18. The summed E-state index contributed by atoms with van der Waals surface area (Å²) in [6.07, 6.45) is 0.824. The highest BCUT2D eigenvalue weighted by molar-refractivity contribution is 6.33. The van der Waals surface area contributed by atoms with Gasteiger partial charge in [-0.3, -0.25) is 4.90 Å². The Hall–Kier alpha value is -2.20. The van der Waals surface area contributed by atoms with E-state index in [1.807, 2.05) is 37.3 Å². The highest BCUT2D eigenvalue weighted by Crippen LogP contribution is 2.25. The average Bonchev–Trinajstić information content (AvgIpc) is 2.48. The Morgan fingerprint density at radius 3 is 2.52 bits per heavy atom. The molecular weight excluding hydrogens is 286 g/mol. The number of urea groups is 1. The second-order valence-electron chi connectivity index (χ2n) is 4.62. The second kappa shape index (κ2) is 6.99. The molecule has 3 N–H and O–H groups in total. The molecule has 0 fully saturated rings. The van der Waals surface area contributed by atoms with Crippen molar-refractivity contribution in [3.63, 3.8) is 0 Å². The molecule has 0 atom stereocenters. The molecule has 0 aliphatic carbocycles. The molecular formula is C16H18ClN3O. The summed E-state index contributed by atoms with van der Waals surface area (Å²) >= 11 is 6.07. The Bertz CT molecular complexity index is 630. The van der Waals surface area contributed by atoms with Crippen molar-refractivity contribution in [2.45, 2.75) is 13.3 Å². The summed E-state index contributed by atoms with van der Waals surface area (Å²) in [5.74, 6) is 0. The third-order valence-corrected chi connectivity index (χ3v) is 3.36. The summed E-state index contributed by atoms with van der Waals surface area (Å²) < 4.78 is 0. The molecule has 0 saturated heterocycles. The molecule has 0 aromatic heterocycles. The van der Waals surface area contributed by atoms with Crippen LogP contribution in [0.1, 0.15) is 13.3 Å². The van der Waals surface area contributed by atoms with Crippen LogP contribution in [0, 0.1) is 0 Å². The summed E-state index contributed by atoms with van der Waals surface area (Å²) in [4.78, 5) is 14.1. The number of carbonyl (C=O) groups excluding carboxylic acids is 1. The highest BCUT2D eigenvalue weighted by Gasteiger charge is 2.17. The van der Waals surface area contributed by atoms with Gasteiger partial charge in [0.05, 0.1) is 22.1 Å². The van der Waals surface area contributed by atoms with Crippen LogP contribution in [0.5, 0.6) is 0 Å². The van der Waals surface area contributed by atoms with Crippen LogP contribution < -0.4 is 16.0 Å². The molecule has 21 heavy (non-hydrogen) atoms. The summed E-state index contributed by atoms with van der Waals surface area (Å²) in [5, 5.41) is 3.32. The van der Waals surface area contributed by atoms with Gasteiger partial charge >= 0.3 is 6.03 Å². The van der Waals surface area contributed by atoms with Crippen LogP contribution in [0.15, 0.2) is 48.5 Å². The fourth-order valence-corrected chi connectivity index (χ4v) is 2.22. The fraction of sp³-hybridized carbons (Fsp3) is 0.188. The molecule has 2 amide bonds. The monoisotopic (exact) mass is 303 g/mol. The third-order valence-electron chi connectivity index (χ3n) is 3.04. The van der Waals surface area contributed by atoms with Crippen molar-refractivity contribution >= 4 is 34.7 Å². The lowest BCUT2D eigenvalue weighted by Gasteiger charge is -2.24. The topological polar surface area (TPSA) is 58.4 Å². The molecule has 0 aliphatic rings. The molecule has 4 nitrogen and oxygen atoms in total. The first-order chi connectivity index (χ1) is 10.1. The van der Waals surface area contributed by atoms with Gasteiger partial charge in [0.15, 0.2) is 0 Å². The fourth-order valence-electron chi connectivity index (χ4n) is 2.03. The Morgan fingerprint density at radius 2 is 1.86 bits per heavy atom. The van der Waals surface area contributed by atoms with Gasteiger partial charge in [-0.15, -0.1) is 0 Å². The van der Waals surface area contributed by atoms with Crippen molar-refractivity contribution in [2.24, 2.45) is 0 Å². The zero-order valence-electron chi connectivity index (χ0n) is 11.8. The van der Waals surface area contributed by atoms with Crippen molar-refractivity contribution in [3.8, 4) is 0 Å². The summed E-state index contributed by atoms with van der Waals surface area (Å²) in [6.45, 7) is 2.58. The van der Waals surface area contributed by atoms with E-state index in [1.54, 1.807) is 23.1 Å². The molecule has 110 valence electrons. The molecule has 5 heteroatoms. The minimum absolute atomic E-state index is 0.247. The van der Waals surface area contributed by atoms with Crippen LogP contribution in [-0.2, 0) is 0 Å². The minimum Gasteiger partial charge on any atom is -0.397 e. The van der Waals surface area contributed by atoms with Crippen LogP contribution in [-0.4, -0.2) is 12.6 Å². The van der Waals surface area contributed by atoms with Crippen LogP contribution in [0.3, 0.4) is 0 Å². The van der Waals surface area contributed by atoms with Crippen LogP contribution in [0.25, 0.3) is 0 Å². The number of anilines is 3. The van der Waals surface area contributed by atoms with Crippen molar-refractivity contribution < 1.29 is 4.79 Å². The number of hydrogen-bond acceptors (Lipinski definition) is 2. The van der Waals surface area contributed by atoms with E-state index in [4.69, 9.17) is 17.3 Å². The van der Waals surface area contributed by atoms with E-state index in [0.717, 1.165) is 6.42 Å². The van der Waals surface area contributed by atoms with Crippen molar-refractivity contribution in [1.82, 2.24) is 0 Å². The Balaban J connectivity index is 2.25. The molecule has 0 aliphatic heterocycles. The number of nitrogens with one attached hydrogen (secondary N) is 1. The van der Waals surface area contributed by atoms with Gasteiger partial charge in [-0.1, -0.05) is 42.8 Å². The maximum absolute atomic E-state index is 12.5. The minimum atomic E-state index is -0.247. The SMILES string of the molecule is CCCN(C(=O)Nc1ccccc1Cl)c1ccccc1N. The number of benzene rings is 2. The lowest BCUT2D eigenvalue weighted by molar-refractivity contribution is 0.257. The smallest absolute Gasteiger partial charge is 0.326 e. The quantitative estimate of drug-likeness (QED) is 0.824. The molecule has 2 aromatic carbocycles. The van der Waals surface area contributed by atoms with E-state index in [-0.39, 0.29) is 6.03 Å². The summed E-state index contributed by atoms with van der Waals surface area (Å²) in [7, 11) is 0. The molecule has 0 unspecified atom stereocenters. The van der Waals surface area contributed by atoms with E-state index >= 15 is 0 Å². The number of para-hydroxylation sites is 3. The average molecular weight is 304 g/mol. The van der Waals surface area contributed by atoms with Crippen molar-refractivity contribution in [2.75, 3.05) is 22.5 Å². The first-order valence-electron chi connectivity index (χ1n) is 6.81. The molecule has 0 bridgehead atoms. The predicted octanol–water partition coefficient (Wildman–Crippen LogP) is 4.37. The zero-order chi connectivity index (χ0) is 15.2. The van der Waals surface area contributed by atoms with Gasteiger partial charge in [-0.05, 0) is 30.7 Å². The molecule has 2 aromatic rings. The lowest BCUT2D eigenvalue weighted by atomic mass is 10.2. The van der Waals surface area contributed by atoms with Crippen LogP contribution in [0.4, 0.5) is 21.9 Å². The number of amides is 2. The number of hydrogen-bond donors (Lipinski definition) is 2. The van der Waals surface area contributed by atoms with Gasteiger partial charge in [0.2, 0.25) is 0 Å². The number of nitrogen functional groups attached to an aromatic ring is 1. The molecule has 0 radical (unpaired) electrons. The number of carbonyl (C=O) groups is 1.